The average molecular weight is 464 g/mol. The molecule has 0 radical (unpaired) electrons. The summed E-state index contributed by atoms with van der Waals surface area (Å²) in [5.41, 5.74) is 4.53. The lowest BCUT2D eigenvalue weighted by Crippen LogP contribution is -2.34. The summed E-state index contributed by atoms with van der Waals surface area (Å²) in [7, 11) is 2.13. The Labute approximate surface area is 205 Å². The summed E-state index contributed by atoms with van der Waals surface area (Å²) in [6.07, 6.45) is 6.43. The third-order valence-electron chi connectivity index (χ3n) is 7.02. The fourth-order valence-electron chi connectivity index (χ4n) is 5.12. The highest BCUT2D eigenvalue weighted by Gasteiger charge is 2.20. The second kappa shape index (κ2) is 12.4. The third-order valence-corrected chi connectivity index (χ3v) is 7.02. The molecule has 2 aliphatic rings. The molecule has 0 aliphatic carbocycles. The number of hydrogen-bond acceptors (Lipinski definition) is 4. The Kier molecular flexibility index (Phi) is 9.00. The molecule has 184 valence electrons. The summed E-state index contributed by atoms with van der Waals surface area (Å²) in [5.74, 6) is 1.06. The molecule has 2 heterocycles. The van der Waals surface area contributed by atoms with E-state index >= 15 is 0 Å². The number of benzene rings is 2. The molecule has 4 rings (SSSR count). The van der Waals surface area contributed by atoms with Gasteiger partial charge in [0.05, 0.1) is 6.61 Å². The highest BCUT2D eigenvalue weighted by atomic mass is 16.5. The summed E-state index contributed by atoms with van der Waals surface area (Å²) < 4.78 is 6.25. The van der Waals surface area contributed by atoms with Crippen LogP contribution in [0.5, 0.6) is 5.75 Å². The number of amides is 1. The largest absolute Gasteiger partial charge is 0.493 e. The minimum atomic E-state index is 0.140. The molecule has 1 amide bonds. The maximum absolute atomic E-state index is 13.3. The molecule has 0 unspecified atom stereocenters. The van der Waals surface area contributed by atoms with Gasteiger partial charge in [-0.15, -0.1) is 0 Å². The van der Waals surface area contributed by atoms with Gasteiger partial charge in [0.15, 0.2) is 0 Å². The smallest absolute Gasteiger partial charge is 0.253 e. The lowest BCUT2D eigenvalue weighted by atomic mass is 9.99. The van der Waals surface area contributed by atoms with Gasteiger partial charge in [-0.3, -0.25) is 9.69 Å². The van der Waals surface area contributed by atoms with E-state index in [1.54, 1.807) is 0 Å². The topological polar surface area (TPSA) is 36.0 Å². The molecular formula is C29H41N3O2. The molecule has 1 fully saturated rings. The van der Waals surface area contributed by atoms with Crippen molar-refractivity contribution >= 4 is 5.91 Å². The van der Waals surface area contributed by atoms with Crippen molar-refractivity contribution in [3.05, 3.63) is 64.7 Å². The van der Waals surface area contributed by atoms with Crippen molar-refractivity contribution in [1.82, 2.24) is 14.7 Å². The van der Waals surface area contributed by atoms with E-state index in [2.05, 4.69) is 54.1 Å². The van der Waals surface area contributed by atoms with Crippen molar-refractivity contribution in [2.24, 2.45) is 0 Å². The van der Waals surface area contributed by atoms with Gasteiger partial charge in [-0.25, -0.2) is 0 Å². The Balaban J connectivity index is 1.58. The second-order valence-corrected chi connectivity index (χ2v) is 9.95. The second-order valence-electron chi connectivity index (χ2n) is 9.95. The normalized spacial score (nSPS) is 18.9. The molecule has 0 spiro atoms. The van der Waals surface area contributed by atoms with Gasteiger partial charge in [-0.05, 0) is 93.7 Å². The number of ether oxygens (including phenoxy) is 1. The molecule has 34 heavy (non-hydrogen) atoms. The van der Waals surface area contributed by atoms with Crippen molar-refractivity contribution in [2.45, 2.75) is 52.0 Å². The predicted octanol–water partition coefficient (Wildman–Crippen LogP) is 4.83. The molecule has 2 bridgehead atoms. The number of carbonyl (C=O) groups is 1. The zero-order chi connectivity index (χ0) is 23.8. The first kappa shape index (κ1) is 24.7. The lowest BCUT2D eigenvalue weighted by molar-refractivity contribution is 0.0762. The fourth-order valence-corrected chi connectivity index (χ4v) is 5.12. The van der Waals surface area contributed by atoms with Crippen LogP contribution in [-0.2, 0) is 13.0 Å². The molecule has 2 aromatic carbocycles. The molecule has 1 saturated heterocycles. The summed E-state index contributed by atoms with van der Waals surface area (Å²) in [6, 6.07) is 15.0. The highest BCUT2D eigenvalue weighted by molar-refractivity contribution is 5.94. The maximum Gasteiger partial charge on any atom is 0.253 e. The van der Waals surface area contributed by atoms with E-state index in [0.29, 0.717) is 0 Å². The van der Waals surface area contributed by atoms with Gasteiger partial charge in [0, 0.05) is 38.2 Å². The van der Waals surface area contributed by atoms with Crippen molar-refractivity contribution in [2.75, 3.05) is 52.9 Å². The number of fused-ring (bicyclic) bond motifs is 3. The molecule has 2 aliphatic heterocycles. The van der Waals surface area contributed by atoms with Crippen molar-refractivity contribution in [1.29, 1.82) is 0 Å². The number of likely N-dealkylation sites (N-methyl/N-ethyl adjacent to an activating group) is 1. The maximum atomic E-state index is 13.3. The van der Waals surface area contributed by atoms with E-state index in [-0.39, 0.29) is 5.91 Å². The molecule has 2 aromatic rings. The van der Waals surface area contributed by atoms with Gasteiger partial charge in [0.1, 0.15) is 5.75 Å². The van der Waals surface area contributed by atoms with Crippen LogP contribution >= 0.6 is 0 Å². The van der Waals surface area contributed by atoms with Gasteiger partial charge in [0.2, 0.25) is 0 Å². The van der Waals surface area contributed by atoms with Gasteiger partial charge in [-0.1, -0.05) is 31.2 Å². The molecule has 0 saturated carbocycles. The summed E-state index contributed by atoms with van der Waals surface area (Å²) >= 11 is 0. The zero-order valence-electron chi connectivity index (χ0n) is 21.1. The van der Waals surface area contributed by atoms with Gasteiger partial charge >= 0.3 is 0 Å². The Morgan fingerprint density at radius 3 is 2.68 bits per heavy atom. The van der Waals surface area contributed by atoms with Crippen LogP contribution in [0.15, 0.2) is 42.5 Å². The van der Waals surface area contributed by atoms with Crippen LogP contribution in [0, 0.1) is 0 Å². The summed E-state index contributed by atoms with van der Waals surface area (Å²) in [6.45, 7) is 9.88. The molecule has 5 nitrogen and oxygen atoms in total. The lowest BCUT2D eigenvalue weighted by Gasteiger charge is -2.23. The van der Waals surface area contributed by atoms with E-state index in [1.807, 2.05) is 17.0 Å². The van der Waals surface area contributed by atoms with Crippen LogP contribution in [0.3, 0.4) is 0 Å². The van der Waals surface area contributed by atoms with Crippen molar-refractivity contribution < 1.29 is 9.53 Å². The minimum absolute atomic E-state index is 0.140. The van der Waals surface area contributed by atoms with Gasteiger partial charge < -0.3 is 14.5 Å². The first-order chi connectivity index (χ1) is 16.6. The van der Waals surface area contributed by atoms with Crippen molar-refractivity contribution in [3.8, 4) is 5.75 Å². The SMILES string of the molecule is CCCN1CCCCCOc2ccc(C(=O)N3CCCN(C)CC3)cc2Cc2cccc(c2)C1. The Bertz CT molecular complexity index is 945. The number of carbonyl (C=O) groups excluding carboxylic acids is 1. The zero-order valence-corrected chi connectivity index (χ0v) is 21.1. The summed E-state index contributed by atoms with van der Waals surface area (Å²) in [4.78, 5) is 20.2. The predicted molar refractivity (Wildman–Crippen MR) is 139 cm³/mol. The van der Waals surface area contributed by atoms with E-state index in [1.165, 1.54) is 30.4 Å². The number of nitrogens with zero attached hydrogens (tertiary/aromatic N) is 3. The number of hydrogen-bond donors (Lipinski definition) is 0. The van der Waals surface area contributed by atoms with Crippen molar-refractivity contribution in [3.63, 3.8) is 0 Å². The standard InChI is InChI=1S/C29H41N3O2/c1-3-13-31-15-5-4-6-19-34-28-12-11-26(29(33)32-16-8-14-30(2)17-18-32)22-27(28)21-24-9-7-10-25(20-24)23-31/h7,9-12,20,22H,3-6,8,13-19,21,23H2,1-2H3. The van der Waals surface area contributed by atoms with E-state index in [0.717, 1.165) is 88.6 Å². The molecule has 0 aromatic heterocycles. The molecular weight excluding hydrogens is 422 g/mol. The first-order valence-electron chi connectivity index (χ1n) is 13.2. The quantitative estimate of drug-likeness (QED) is 0.653. The van der Waals surface area contributed by atoms with E-state index < -0.39 is 0 Å². The highest BCUT2D eigenvalue weighted by Crippen LogP contribution is 2.26. The van der Waals surface area contributed by atoms with Crippen LogP contribution in [0.4, 0.5) is 0 Å². The van der Waals surface area contributed by atoms with Gasteiger partial charge in [0.25, 0.3) is 5.91 Å². The van der Waals surface area contributed by atoms with Gasteiger partial charge in [-0.2, -0.15) is 0 Å². The van der Waals surface area contributed by atoms with Crippen LogP contribution in [0.2, 0.25) is 0 Å². The fraction of sp³-hybridized carbons (Fsp3) is 0.552. The van der Waals surface area contributed by atoms with E-state index in [4.69, 9.17) is 4.74 Å². The van der Waals surface area contributed by atoms with Crippen LogP contribution in [-0.4, -0.2) is 73.5 Å². The Hall–Kier alpha value is -2.37. The molecule has 0 N–H and O–H groups in total. The average Bonchev–Trinajstić information content (AvgIpc) is 3.06. The third kappa shape index (κ3) is 6.83. The Morgan fingerprint density at radius 1 is 0.912 bits per heavy atom. The van der Waals surface area contributed by atoms with Crippen LogP contribution < -0.4 is 4.74 Å². The van der Waals surface area contributed by atoms with Crippen LogP contribution in [0.25, 0.3) is 0 Å². The first-order valence-corrected chi connectivity index (χ1v) is 13.2. The monoisotopic (exact) mass is 463 g/mol. The molecule has 5 heteroatoms. The van der Waals surface area contributed by atoms with Crippen LogP contribution in [0.1, 0.15) is 66.1 Å². The Morgan fingerprint density at radius 2 is 1.79 bits per heavy atom. The number of rotatable bonds is 3. The minimum Gasteiger partial charge on any atom is -0.493 e. The van der Waals surface area contributed by atoms with E-state index in [9.17, 15) is 4.79 Å². The summed E-state index contributed by atoms with van der Waals surface area (Å²) in [5, 5.41) is 0. The molecule has 0 atom stereocenters.